The number of rotatable bonds is 6. The molecule has 1 saturated heterocycles. The molecule has 1 heterocycles. The van der Waals surface area contributed by atoms with Gasteiger partial charge in [-0.05, 0) is 29.8 Å². The number of nitrogens with one attached hydrogen (secondary N) is 2. The summed E-state index contributed by atoms with van der Waals surface area (Å²) in [5, 5.41) is 6.15. The van der Waals surface area contributed by atoms with Crippen molar-refractivity contribution >= 4 is 23.2 Å². The summed E-state index contributed by atoms with van der Waals surface area (Å²) < 4.78 is 5.36. The van der Waals surface area contributed by atoms with Crippen LogP contribution in [0.3, 0.4) is 0 Å². The predicted octanol–water partition coefficient (Wildman–Crippen LogP) is 2.21. The third-order valence-corrected chi connectivity index (χ3v) is 4.54. The molecule has 142 valence electrons. The summed E-state index contributed by atoms with van der Waals surface area (Å²) in [5.41, 5.74) is 2.50. The number of nitrogens with zero attached hydrogens (tertiary/aromatic N) is 1. The van der Waals surface area contributed by atoms with E-state index in [1.807, 2.05) is 54.6 Å². The number of morpholine rings is 1. The average Bonchev–Trinajstić information content (AvgIpc) is 2.70. The van der Waals surface area contributed by atoms with E-state index in [-0.39, 0.29) is 17.9 Å². The molecular weight excluding hydrogens is 342 g/mol. The van der Waals surface area contributed by atoms with Gasteiger partial charge in [-0.15, -0.1) is 0 Å². The van der Waals surface area contributed by atoms with E-state index in [0.29, 0.717) is 26.1 Å². The molecule has 1 unspecified atom stereocenters. The van der Waals surface area contributed by atoms with Gasteiger partial charge in [-0.3, -0.25) is 9.59 Å². The second-order valence-corrected chi connectivity index (χ2v) is 6.64. The van der Waals surface area contributed by atoms with E-state index in [4.69, 9.17) is 4.74 Å². The average molecular weight is 367 g/mol. The first-order valence-electron chi connectivity index (χ1n) is 9.13. The zero-order valence-electron chi connectivity index (χ0n) is 15.5. The van der Waals surface area contributed by atoms with E-state index >= 15 is 0 Å². The Balaban J connectivity index is 1.50. The number of likely N-dealkylation sites (N-methyl/N-ethyl adjacent to an activating group) is 1. The minimum atomic E-state index is -0.0503. The van der Waals surface area contributed by atoms with Crippen molar-refractivity contribution in [3.63, 3.8) is 0 Å². The monoisotopic (exact) mass is 367 g/mol. The number of benzene rings is 2. The summed E-state index contributed by atoms with van der Waals surface area (Å²) in [6.45, 7) is 2.03. The fourth-order valence-corrected chi connectivity index (χ4v) is 2.98. The quantitative estimate of drug-likeness (QED) is 0.821. The summed E-state index contributed by atoms with van der Waals surface area (Å²) in [6, 6.07) is 17.0. The molecule has 2 aromatic rings. The Morgan fingerprint density at radius 3 is 2.56 bits per heavy atom. The number of carbonyl (C=O) groups excluding carboxylic acids is 2. The van der Waals surface area contributed by atoms with Gasteiger partial charge < -0.3 is 20.3 Å². The Morgan fingerprint density at radius 2 is 1.89 bits per heavy atom. The standard InChI is InChI=1S/C21H25N3O3/c1-24(19-5-3-2-4-6-19)21(26)13-16-7-9-17(10-8-16)23-20(25)14-18-15-27-12-11-22-18/h2-10,18,22H,11-15H2,1H3,(H,23,25). The molecule has 0 spiro atoms. The summed E-state index contributed by atoms with van der Waals surface area (Å²) in [4.78, 5) is 26.2. The van der Waals surface area contributed by atoms with Gasteiger partial charge in [-0.25, -0.2) is 0 Å². The van der Waals surface area contributed by atoms with Crippen molar-refractivity contribution in [3.05, 3.63) is 60.2 Å². The summed E-state index contributed by atoms with van der Waals surface area (Å²) >= 11 is 0. The van der Waals surface area contributed by atoms with Gasteiger partial charge in [0, 0.05) is 37.4 Å². The fourth-order valence-electron chi connectivity index (χ4n) is 2.98. The highest BCUT2D eigenvalue weighted by molar-refractivity contribution is 5.94. The molecule has 3 rings (SSSR count). The fraction of sp³-hybridized carbons (Fsp3) is 0.333. The Hall–Kier alpha value is -2.70. The molecule has 6 nitrogen and oxygen atoms in total. The van der Waals surface area contributed by atoms with E-state index in [1.165, 1.54) is 0 Å². The van der Waals surface area contributed by atoms with Crippen LogP contribution >= 0.6 is 0 Å². The van der Waals surface area contributed by atoms with Crippen LogP contribution in [0.25, 0.3) is 0 Å². The van der Waals surface area contributed by atoms with Gasteiger partial charge in [0.2, 0.25) is 11.8 Å². The van der Waals surface area contributed by atoms with Crippen LogP contribution in [0.4, 0.5) is 11.4 Å². The first-order valence-corrected chi connectivity index (χ1v) is 9.13. The van der Waals surface area contributed by atoms with Crippen LogP contribution in [0.15, 0.2) is 54.6 Å². The normalized spacial score (nSPS) is 16.6. The first kappa shape index (κ1) is 19.1. The van der Waals surface area contributed by atoms with Gasteiger partial charge in [-0.2, -0.15) is 0 Å². The molecule has 2 amide bonds. The van der Waals surface area contributed by atoms with E-state index in [2.05, 4.69) is 10.6 Å². The number of ether oxygens (including phenoxy) is 1. The molecule has 2 aromatic carbocycles. The first-order chi connectivity index (χ1) is 13.1. The number of carbonyl (C=O) groups is 2. The lowest BCUT2D eigenvalue weighted by Gasteiger charge is -2.23. The molecule has 1 fully saturated rings. The van der Waals surface area contributed by atoms with Crippen LogP contribution in [0, 0.1) is 0 Å². The summed E-state index contributed by atoms with van der Waals surface area (Å²) in [7, 11) is 1.77. The minimum Gasteiger partial charge on any atom is -0.378 e. The number of hydrogen-bond donors (Lipinski definition) is 2. The lowest BCUT2D eigenvalue weighted by Crippen LogP contribution is -2.43. The Kier molecular flexibility index (Phi) is 6.57. The molecule has 1 aliphatic heterocycles. The maximum Gasteiger partial charge on any atom is 0.231 e. The molecule has 27 heavy (non-hydrogen) atoms. The molecule has 2 N–H and O–H groups in total. The largest absolute Gasteiger partial charge is 0.378 e. The van der Waals surface area contributed by atoms with E-state index in [0.717, 1.165) is 23.5 Å². The molecule has 0 saturated carbocycles. The molecule has 1 aliphatic rings. The number of para-hydroxylation sites is 1. The topological polar surface area (TPSA) is 70.7 Å². The van der Waals surface area contributed by atoms with Crippen LogP contribution in [0.5, 0.6) is 0 Å². The molecule has 0 aromatic heterocycles. The van der Waals surface area contributed by atoms with Crippen LogP contribution in [-0.4, -0.2) is 44.7 Å². The molecule has 0 aliphatic carbocycles. The maximum atomic E-state index is 12.4. The second-order valence-electron chi connectivity index (χ2n) is 6.64. The van der Waals surface area contributed by atoms with Crippen molar-refractivity contribution in [2.24, 2.45) is 0 Å². The smallest absolute Gasteiger partial charge is 0.231 e. The van der Waals surface area contributed by atoms with Crippen LogP contribution in [-0.2, 0) is 20.7 Å². The van der Waals surface area contributed by atoms with Crippen LogP contribution in [0.2, 0.25) is 0 Å². The zero-order chi connectivity index (χ0) is 19.1. The maximum absolute atomic E-state index is 12.4. The Labute approximate surface area is 159 Å². The van der Waals surface area contributed by atoms with Crippen molar-refractivity contribution in [2.75, 3.05) is 37.0 Å². The van der Waals surface area contributed by atoms with Gasteiger partial charge in [0.25, 0.3) is 0 Å². The van der Waals surface area contributed by atoms with Crippen LogP contribution < -0.4 is 15.5 Å². The second kappa shape index (κ2) is 9.30. The Morgan fingerprint density at radius 1 is 1.15 bits per heavy atom. The van der Waals surface area contributed by atoms with Crippen LogP contribution in [0.1, 0.15) is 12.0 Å². The van der Waals surface area contributed by atoms with Crippen molar-refractivity contribution < 1.29 is 14.3 Å². The van der Waals surface area contributed by atoms with Gasteiger partial charge in [0.05, 0.1) is 19.6 Å². The van der Waals surface area contributed by atoms with E-state index in [1.54, 1.807) is 11.9 Å². The minimum absolute atomic E-state index is 0.0151. The summed E-state index contributed by atoms with van der Waals surface area (Å²) in [5.74, 6) is -0.0352. The highest BCUT2D eigenvalue weighted by Gasteiger charge is 2.17. The molecule has 0 radical (unpaired) electrons. The molecule has 1 atom stereocenters. The van der Waals surface area contributed by atoms with Crippen molar-refractivity contribution in [1.29, 1.82) is 0 Å². The van der Waals surface area contributed by atoms with Gasteiger partial charge >= 0.3 is 0 Å². The van der Waals surface area contributed by atoms with E-state index < -0.39 is 0 Å². The zero-order valence-corrected chi connectivity index (χ0v) is 15.5. The van der Waals surface area contributed by atoms with Gasteiger partial charge in [-0.1, -0.05) is 30.3 Å². The van der Waals surface area contributed by atoms with Crippen molar-refractivity contribution in [3.8, 4) is 0 Å². The predicted molar refractivity (Wildman–Crippen MR) is 106 cm³/mol. The third-order valence-electron chi connectivity index (χ3n) is 4.54. The van der Waals surface area contributed by atoms with Gasteiger partial charge in [0.1, 0.15) is 0 Å². The number of amides is 2. The summed E-state index contributed by atoms with van der Waals surface area (Å²) in [6.07, 6.45) is 0.686. The lowest BCUT2D eigenvalue weighted by atomic mass is 10.1. The SMILES string of the molecule is CN(C(=O)Cc1ccc(NC(=O)CC2COCCN2)cc1)c1ccccc1. The molecule has 0 bridgehead atoms. The third kappa shape index (κ3) is 5.64. The highest BCUT2D eigenvalue weighted by Crippen LogP contribution is 2.15. The van der Waals surface area contributed by atoms with Crippen molar-refractivity contribution in [1.82, 2.24) is 5.32 Å². The van der Waals surface area contributed by atoms with Gasteiger partial charge in [0.15, 0.2) is 0 Å². The van der Waals surface area contributed by atoms with Crippen molar-refractivity contribution in [2.45, 2.75) is 18.9 Å². The number of hydrogen-bond acceptors (Lipinski definition) is 4. The molecular formula is C21H25N3O3. The Bertz CT molecular complexity index is 756. The highest BCUT2D eigenvalue weighted by atomic mass is 16.5. The number of anilines is 2. The lowest BCUT2D eigenvalue weighted by molar-refractivity contribution is -0.118. The van der Waals surface area contributed by atoms with E-state index in [9.17, 15) is 9.59 Å². The molecule has 6 heteroatoms.